The smallest absolute Gasteiger partial charge is 0.331 e. The number of carbonyl (C=O) groups excluding carboxylic acids is 2. The van der Waals surface area contributed by atoms with Gasteiger partial charge >= 0.3 is 5.97 Å². The van der Waals surface area contributed by atoms with E-state index in [-0.39, 0.29) is 5.75 Å². The molecule has 5 nitrogen and oxygen atoms in total. The summed E-state index contributed by atoms with van der Waals surface area (Å²) in [6.07, 6.45) is 0.316. The minimum atomic E-state index is -1.18. The summed E-state index contributed by atoms with van der Waals surface area (Å²) in [5.41, 5.74) is -1.18. The van der Waals surface area contributed by atoms with Crippen LogP contribution in [0.4, 0.5) is 8.78 Å². The van der Waals surface area contributed by atoms with Crippen LogP contribution < -0.4 is 10.1 Å². The van der Waals surface area contributed by atoms with Crippen LogP contribution in [0.5, 0.6) is 5.75 Å². The molecular formula is C14H17F2NO4. The van der Waals surface area contributed by atoms with Gasteiger partial charge in [0.2, 0.25) is 0 Å². The van der Waals surface area contributed by atoms with Crippen molar-refractivity contribution in [3.8, 4) is 5.75 Å². The molecule has 0 aliphatic rings. The topological polar surface area (TPSA) is 64.6 Å². The molecule has 21 heavy (non-hydrogen) atoms. The number of ether oxygens (including phenoxy) is 2. The van der Waals surface area contributed by atoms with Crippen molar-refractivity contribution >= 4 is 11.9 Å². The highest BCUT2D eigenvalue weighted by Crippen LogP contribution is 2.17. The fourth-order valence-corrected chi connectivity index (χ4v) is 1.59. The van der Waals surface area contributed by atoms with Gasteiger partial charge in [-0.05, 0) is 25.5 Å². The van der Waals surface area contributed by atoms with E-state index >= 15 is 0 Å². The third-order valence-electron chi connectivity index (χ3n) is 3.01. The highest BCUT2D eigenvalue weighted by Gasteiger charge is 2.34. The average Bonchev–Trinajstić information content (AvgIpc) is 2.45. The number of esters is 1. The summed E-state index contributed by atoms with van der Waals surface area (Å²) in [5.74, 6) is -3.11. The molecule has 1 aromatic rings. The molecule has 0 heterocycles. The van der Waals surface area contributed by atoms with E-state index in [0.717, 1.165) is 12.1 Å². The fraction of sp³-hybridized carbons (Fsp3) is 0.429. The van der Waals surface area contributed by atoms with E-state index in [0.29, 0.717) is 12.5 Å². The Hall–Kier alpha value is -2.18. The summed E-state index contributed by atoms with van der Waals surface area (Å²) < 4.78 is 35.6. The number of benzene rings is 1. The van der Waals surface area contributed by atoms with E-state index < -0.39 is 35.7 Å². The summed E-state index contributed by atoms with van der Waals surface area (Å²) in [6.45, 7) is 2.71. The molecule has 0 spiro atoms. The lowest BCUT2D eigenvalue weighted by Crippen LogP contribution is -2.53. The van der Waals surface area contributed by atoms with Crippen molar-refractivity contribution in [3.05, 3.63) is 29.8 Å². The van der Waals surface area contributed by atoms with Crippen LogP contribution in [0, 0.1) is 11.6 Å². The molecule has 0 aliphatic heterocycles. The second-order valence-electron chi connectivity index (χ2n) is 4.59. The Balaban J connectivity index is 2.63. The van der Waals surface area contributed by atoms with E-state index in [4.69, 9.17) is 4.74 Å². The van der Waals surface area contributed by atoms with Crippen molar-refractivity contribution < 1.29 is 27.8 Å². The molecule has 1 N–H and O–H groups in total. The lowest BCUT2D eigenvalue weighted by atomic mass is 9.99. The number of nitrogens with one attached hydrogen (secondary N) is 1. The Labute approximate surface area is 121 Å². The molecule has 0 saturated carbocycles. The molecule has 116 valence electrons. The third-order valence-corrected chi connectivity index (χ3v) is 3.01. The number of carbonyl (C=O) groups is 2. The molecule has 0 bridgehead atoms. The molecule has 7 heteroatoms. The Morgan fingerprint density at radius 2 is 2.00 bits per heavy atom. The third kappa shape index (κ3) is 4.40. The van der Waals surface area contributed by atoms with Crippen molar-refractivity contribution in [3.63, 3.8) is 0 Å². The Bertz CT molecular complexity index is 536. The molecule has 0 radical (unpaired) electrons. The van der Waals surface area contributed by atoms with E-state index in [9.17, 15) is 18.4 Å². The predicted octanol–water partition coefficient (Wildman–Crippen LogP) is 1.80. The highest BCUT2D eigenvalue weighted by atomic mass is 19.1. The van der Waals surface area contributed by atoms with Crippen LogP contribution in [-0.2, 0) is 14.3 Å². The largest absolute Gasteiger partial charge is 0.481 e. The zero-order valence-corrected chi connectivity index (χ0v) is 12.0. The summed E-state index contributed by atoms with van der Waals surface area (Å²) in [6, 6.07) is 2.75. The molecule has 0 aliphatic carbocycles. The molecule has 0 aromatic heterocycles. The number of rotatable bonds is 6. The van der Waals surface area contributed by atoms with E-state index in [2.05, 4.69) is 10.1 Å². The molecule has 1 rings (SSSR count). The van der Waals surface area contributed by atoms with Gasteiger partial charge in [0.25, 0.3) is 5.91 Å². The summed E-state index contributed by atoms with van der Waals surface area (Å²) >= 11 is 0. The van der Waals surface area contributed by atoms with Gasteiger partial charge in [0.15, 0.2) is 18.2 Å². The number of hydrogen-bond donors (Lipinski definition) is 1. The number of halogens is 2. The molecule has 1 aromatic carbocycles. The molecule has 0 saturated heterocycles. The molecule has 0 unspecified atom stereocenters. The Kier molecular flexibility index (Phi) is 5.63. The second kappa shape index (κ2) is 7.01. The molecule has 1 amide bonds. The maximum atomic E-state index is 13.3. The molecular weight excluding hydrogens is 284 g/mol. The first-order chi connectivity index (χ1) is 9.82. The van der Waals surface area contributed by atoms with Crippen LogP contribution in [0.1, 0.15) is 20.3 Å². The van der Waals surface area contributed by atoms with Gasteiger partial charge in [-0.1, -0.05) is 6.92 Å². The predicted molar refractivity (Wildman–Crippen MR) is 70.7 cm³/mol. The average molecular weight is 301 g/mol. The van der Waals surface area contributed by atoms with Crippen molar-refractivity contribution in [1.29, 1.82) is 0 Å². The van der Waals surface area contributed by atoms with Crippen LogP contribution in [-0.4, -0.2) is 31.1 Å². The van der Waals surface area contributed by atoms with Gasteiger partial charge in [-0.2, -0.15) is 0 Å². The number of amides is 1. The normalized spacial score (nSPS) is 13.2. The zero-order valence-electron chi connectivity index (χ0n) is 12.0. The first kappa shape index (κ1) is 16.9. The van der Waals surface area contributed by atoms with Crippen LogP contribution in [0.15, 0.2) is 18.2 Å². The number of hydrogen-bond acceptors (Lipinski definition) is 4. The quantitative estimate of drug-likeness (QED) is 0.814. The summed E-state index contributed by atoms with van der Waals surface area (Å²) in [5, 5.41) is 2.46. The van der Waals surface area contributed by atoms with Crippen LogP contribution in [0.3, 0.4) is 0 Å². The van der Waals surface area contributed by atoms with Crippen molar-refractivity contribution in [2.45, 2.75) is 25.8 Å². The van der Waals surface area contributed by atoms with Crippen molar-refractivity contribution in [2.75, 3.05) is 13.7 Å². The van der Waals surface area contributed by atoms with Gasteiger partial charge in [0, 0.05) is 6.07 Å². The minimum Gasteiger partial charge on any atom is -0.481 e. The van der Waals surface area contributed by atoms with Crippen LogP contribution in [0.2, 0.25) is 0 Å². The van der Waals surface area contributed by atoms with Gasteiger partial charge in [-0.15, -0.1) is 0 Å². The lowest BCUT2D eigenvalue weighted by molar-refractivity contribution is -0.150. The SMILES string of the molecule is CC[C@@](C)(NC(=O)COc1ccc(F)cc1F)C(=O)OC. The second-order valence-corrected chi connectivity index (χ2v) is 4.59. The summed E-state index contributed by atoms with van der Waals surface area (Å²) in [7, 11) is 1.22. The highest BCUT2D eigenvalue weighted by molar-refractivity contribution is 5.88. The standard InChI is InChI=1S/C14H17F2NO4/c1-4-14(2,13(19)20-3)17-12(18)8-21-11-6-5-9(15)7-10(11)16/h5-7H,4,8H2,1-3H3,(H,17,18)/t14-/m1/s1. The first-order valence-electron chi connectivity index (χ1n) is 6.29. The number of methoxy groups -OCH3 is 1. The maximum absolute atomic E-state index is 13.3. The first-order valence-corrected chi connectivity index (χ1v) is 6.29. The monoisotopic (exact) mass is 301 g/mol. The van der Waals surface area contributed by atoms with Crippen molar-refractivity contribution in [2.24, 2.45) is 0 Å². The lowest BCUT2D eigenvalue weighted by Gasteiger charge is -2.26. The van der Waals surface area contributed by atoms with E-state index in [1.54, 1.807) is 6.92 Å². The fourth-order valence-electron chi connectivity index (χ4n) is 1.59. The Morgan fingerprint density at radius 1 is 1.33 bits per heavy atom. The van der Waals surface area contributed by atoms with Gasteiger partial charge in [-0.25, -0.2) is 13.6 Å². The van der Waals surface area contributed by atoms with Crippen LogP contribution >= 0.6 is 0 Å². The van der Waals surface area contributed by atoms with E-state index in [1.165, 1.54) is 14.0 Å². The molecule has 0 fully saturated rings. The van der Waals surface area contributed by atoms with Gasteiger partial charge in [-0.3, -0.25) is 4.79 Å². The van der Waals surface area contributed by atoms with Gasteiger partial charge < -0.3 is 14.8 Å². The van der Waals surface area contributed by atoms with Crippen LogP contribution in [0.25, 0.3) is 0 Å². The van der Waals surface area contributed by atoms with Gasteiger partial charge in [0.05, 0.1) is 7.11 Å². The molecule has 1 atom stereocenters. The van der Waals surface area contributed by atoms with Gasteiger partial charge in [0.1, 0.15) is 11.4 Å². The van der Waals surface area contributed by atoms with Crippen molar-refractivity contribution in [1.82, 2.24) is 5.32 Å². The Morgan fingerprint density at radius 3 is 2.52 bits per heavy atom. The zero-order chi connectivity index (χ0) is 16.0. The maximum Gasteiger partial charge on any atom is 0.331 e. The summed E-state index contributed by atoms with van der Waals surface area (Å²) in [4.78, 5) is 23.3. The minimum absolute atomic E-state index is 0.247. The van der Waals surface area contributed by atoms with E-state index in [1.807, 2.05) is 0 Å².